The van der Waals surface area contributed by atoms with Gasteiger partial charge >= 0.3 is 0 Å². The molecule has 82 valence electrons. The number of Topliss-reactive ketones (excluding diaryl/α,β-unsaturated/α-hetero) is 1. The van der Waals surface area contributed by atoms with Crippen LogP contribution in [0.15, 0.2) is 36.9 Å². The Bertz CT molecular complexity index is 522. The molecule has 3 nitrogen and oxygen atoms in total. The van der Waals surface area contributed by atoms with Gasteiger partial charge in [-0.1, -0.05) is 32.3 Å². The van der Waals surface area contributed by atoms with E-state index in [1.54, 1.807) is 28.5 Å². The van der Waals surface area contributed by atoms with Gasteiger partial charge in [0, 0.05) is 10.7 Å². The van der Waals surface area contributed by atoms with Crippen molar-refractivity contribution in [2.24, 2.45) is 4.99 Å². The van der Waals surface area contributed by atoms with Gasteiger partial charge in [-0.3, -0.25) is 9.78 Å². The van der Waals surface area contributed by atoms with Gasteiger partial charge < -0.3 is 0 Å². The van der Waals surface area contributed by atoms with E-state index >= 15 is 0 Å². The zero-order valence-electron chi connectivity index (χ0n) is 7.82. The molecule has 0 radical (unpaired) electrons. The second-order valence-electron chi connectivity index (χ2n) is 2.85. The summed E-state index contributed by atoms with van der Waals surface area (Å²) in [5, 5.41) is 0. The highest BCUT2D eigenvalue weighted by Gasteiger charge is 2.14. The van der Waals surface area contributed by atoms with Crippen LogP contribution < -0.4 is 0 Å². The number of aromatic nitrogens is 1. The van der Waals surface area contributed by atoms with Crippen LogP contribution in [-0.2, 0) is 0 Å². The molecule has 2 rings (SSSR count). The lowest BCUT2D eigenvalue weighted by Crippen LogP contribution is -2.14. The fraction of sp³-hybridized carbons (Fsp3) is 0. The van der Waals surface area contributed by atoms with Crippen LogP contribution in [-0.4, -0.2) is 20.6 Å². The fourth-order valence-corrected chi connectivity index (χ4v) is 2.83. The molecule has 0 aliphatic carbocycles. The van der Waals surface area contributed by atoms with E-state index in [-0.39, 0.29) is 26.5 Å². The first-order chi connectivity index (χ1) is 7.66. The average Bonchev–Trinajstić information content (AvgIpc) is 2.29. The summed E-state index contributed by atoms with van der Waals surface area (Å²) >= 11 is 8.80. The highest BCUT2D eigenvalue weighted by Crippen LogP contribution is 2.21. The quantitative estimate of drug-likeness (QED) is 0.554. The van der Waals surface area contributed by atoms with E-state index in [0.29, 0.717) is 14.4 Å². The summed E-state index contributed by atoms with van der Waals surface area (Å²) < 4.78 is 3.28. The van der Waals surface area contributed by atoms with E-state index in [1.807, 2.05) is 0 Å². The zero-order valence-corrected chi connectivity index (χ0v) is 12.3. The molecule has 1 aromatic heterocycles. The van der Waals surface area contributed by atoms with Crippen molar-refractivity contribution in [3.8, 4) is 0 Å². The second-order valence-corrected chi connectivity index (χ2v) is 7.15. The molecule has 0 amide bonds. The lowest BCUT2D eigenvalue weighted by molar-refractivity contribution is 0.106. The van der Waals surface area contributed by atoms with Crippen molar-refractivity contribution >= 4 is 63.9 Å². The number of carbonyl (C=O) groups is 1. The van der Waals surface area contributed by atoms with Crippen molar-refractivity contribution in [1.82, 2.24) is 4.98 Å². The van der Waals surface area contributed by atoms with Crippen LogP contribution >= 0.6 is 48.3 Å². The Morgan fingerprint density at radius 1 is 1.44 bits per heavy atom. The largest absolute Gasteiger partial charge is 0.285 e. The zero-order chi connectivity index (χ0) is 11.5. The summed E-state index contributed by atoms with van der Waals surface area (Å²) in [5.41, 5.74) is 0.724. The lowest BCUT2D eigenvalue weighted by Gasteiger charge is -2.02. The predicted octanol–water partition coefficient (Wildman–Crippen LogP) is 3.29. The summed E-state index contributed by atoms with van der Waals surface area (Å²) in [7, 11) is 0. The number of hydrogen-bond acceptors (Lipinski definition) is 3. The third-order valence-electron chi connectivity index (χ3n) is 1.78. The minimum Gasteiger partial charge on any atom is -0.285 e. The van der Waals surface area contributed by atoms with Crippen molar-refractivity contribution in [3.05, 3.63) is 37.6 Å². The summed E-state index contributed by atoms with van der Waals surface area (Å²) in [4.78, 5) is 20.0. The van der Waals surface area contributed by atoms with Crippen LogP contribution in [0.1, 0.15) is 10.5 Å². The number of pyridine rings is 1. The monoisotopic (exact) mass is 410 g/mol. The SMILES string of the molecule is O=C(C1=NC=IC(Cl)=C1)c1ccc(Br)cn1. The number of rotatable bonds is 2. The second kappa shape index (κ2) is 5.29. The van der Waals surface area contributed by atoms with E-state index < -0.39 is 0 Å². The Kier molecular flexibility index (Phi) is 3.99. The van der Waals surface area contributed by atoms with Gasteiger partial charge in [0.2, 0.25) is 5.78 Å². The molecule has 0 atom stereocenters. The van der Waals surface area contributed by atoms with E-state index in [0.717, 1.165) is 4.47 Å². The van der Waals surface area contributed by atoms with E-state index in [1.165, 1.54) is 0 Å². The molecule has 0 unspecified atom stereocenters. The summed E-state index contributed by atoms with van der Waals surface area (Å²) in [6.07, 6.45) is 3.21. The smallest absolute Gasteiger partial charge is 0.229 e. The minimum atomic E-state index is -0.342. The Morgan fingerprint density at radius 2 is 2.25 bits per heavy atom. The van der Waals surface area contributed by atoms with Crippen LogP contribution in [0.25, 0.3) is 0 Å². The molecular weight excluding hydrogens is 406 g/mol. The topological polar surface area (TPSA) is 42.3 Å². The van der Waals surface area contributed by atoms with Crippen LogP contribution in [0, 0.1) is 0 Å². The van der Waals surface area contributed by atoms with Crippen LogP contribution in [0.2, 0.25) is 0 Å². The maximum absolute atomic E-state index is 11.9. The molecule has 0 bridgehead atoms. The molecule has 6 heteroatoms. The van der Waals surface area contributed by atoms with E-state index in [9.17, 15) is 4.79 Å². The maximum atomic E-state index is 11.9. The molecule has 0 saturated carbocycles. The molecular formula is C10H5BrClIN2O. The average molecular weight is 411 g/mol. The number of carbonyl (C=O) groups excluding carboxylic acids is 1. The number of allylic oxidation sites excluding steroid dienone is 1. The first-order valence-corrected chi connectivity index (χ1v) is 7.72. The number of ketones is 1. The summed E-state index contributed by atoms with van der Waals surface area (Å²) in [6, 6.07) is 3.42. The van der Waals surface area contributed by atoms with Gasteiger partial charge in [0.25, 0.3) is 0 Å². The van der Waals surface area contributed by atoms with Crippen molar-refractivity contribution in [2.75, 3.05) is 0 Å². The standard InChI is InChI=1S/C10H5BrClIN2O/c11-6-1-2-7(14-4-6)10(16)8-3-9(12)13-5-15-8/h1-5H. The van der Waals surface area contributed by atoms with Crippen molar-refractivity contribution < 1.29 is 4.79 Å². The van der Waals surface area contributed by atoms with E-state index in [2.05, 4.69) is 25.9 Å². The van der Waals surface area contributed by atoms with Crippen LogP contribution in [0.5, 0.6) is 0 Å². The molecule has 0 aromatic carbocycles. The normalized spacial score (nSPS) is 14.9. The van der Waals surface area contributed by atoms with Gasteiger partial charge in [-0.2, -0.15) is 0 Å². The maximum Gasteiger partial charge on any atom is 0.229 e. The van der Waals surface area contributed by atoms with Crippen molar-refractivity contribution in [2.45, 2.75) is 0 Å². The Hall–Kier alpha value is -0.400. The molecule has 0 spiro atoms. The van der Waals surface area contributed by atoms with Crippen molar-refractivity contribution in [3.63, 3.8) is 0 Å². The molecule has 0 saturated heterocycles. The number of halogens is 3. The third kappa shape index (κ3) is 2.83. The molecule has 1 aromatic rings. The molecule has 2 heterocycles. The predicted molar refractivity (Wildman–Crippen MR) is 77.7 cm³/mol. The third-order valence-corrected chi connectivity index (χ3v) is 4.37. The highest BCUT2D eigenvalue weighted by molar-refractivity contribution is 14.2. The molecule has 1 aliphatic heterocycles. The van der Waals surface area contributed by atoms with Gasteiger partial charge in [-0.15, -0.1) is 0 Å². The summed E-state index contributed by atoms with van der Waals surface area (Å²) in [5.74, 6) is -0.203. The molecule has 0 fully saturated rings. The first-order valence-electron chi connectivity index (χ1n) is 4.23. The van der Waals surface area contributed by atoms with Crippen molar-refractivity contribution in [1.29, 1.82) is 0 Å². The van der Waals surface area contributed by atoms with Gasteiger partial charge in [0.05, 0.1) is 7.17 Å². The molecule has 16 heavy (non-hydrogen) atoms. The minimum absolute atomic E-state index is 0.203. The van der Waals surface area contributed by atoms with Crippen LogP contribution in [0.4, 0.5) is 0 Å². The number of hydrogen-bond donors (Lipinski definition) is 0. The van der Waals surface area contributed by atoms with Gasteiger partial charge in [0.1, 0.15) is 11.4 Å². The fourth-order valence-electron chi connectivity index (χ4n) is 1.06. The number of nitrogens with zero attached hydrogens (tertiary/aromatic N) is 2. The molecule has 0 N–H and O–H groups in total. The van der Waals surface area contributed by atoms with Gasteiger partial charge in [0.15, 0.2) is 0 Å². The Morgan fingerprint density at radius 3 is 2.88 bits per heavy atom. The Labute approximate surface area is 116 Å². The summed E-state index contributed by atoms with van der Waals surface area (Å²) in [6.45, 7) is 0. The highest BCUT2D eigenvalue weighted by atomic mass is 127. The Balaban J connectivity index is 2.30. The lowest BCUT2D eigenvalue weighted by atomic mass is 10.1. The van der Waals surface area contributed by atoms with Gasteiger partial charge in [-0.05, 0) is 34.1 Å². The van der Waals surface area contributed by atoms with Crippen LogP contribution in [0.3, 0.4) is 0 Å². The number of aliphatic imine (C=N–C) groups is 1. The van der Waals surface area contributed by atoms with Gasteiger partial charge in [-0.25, -0.2) is 4.99 Å². The first kappa shape index (κ1) is 12.1. The molecule has 1 aliphatic rings. The van der Waals surface area contributed by atoms with E-state index in [4.69, 9.17) is 11.6 Å².